The summed E-state index contributed by atoms with van der Waals surface area (Å²) in [5, 5.41) is 11.0. The summed E-state index contributed by atoms with van der Waals surface area (Å²) >= 11 is 0. The van der Waals surface area contributed by atoms with Gasteiger partial charge < -0.3 is 14.4 Å². The second kappa shape index (κ2) is 9.94. The van der Waals surface area contributed by atoms with Crippen LogP contribution in [0.4, 0.5) is 0 Å². The number of para-hydroxylation sites is 1. The van der Waals surface area contributed by atoms with Crippen LogP contribution in [-0.2, 0) is 6.54 Å². The maximum Gasteiger partial charge on any atom is 0.119 e. The number of hydrogen-bond donors (Lipinski definition) is 1. The quantitative estimate of drug-likeness (QED) is 0.347. The van der Waals surface area contributed by atoms with Gasteiger partial charge >= 0.3 is 0 Å². The summed E-state index contributed by atoms with van der Waals surface area (Å²) in [7, 11) is 0. The summed E-state index contributed by atoms with van der Waals surface area (Å²) in [6.07, 6.45) is 2.65. The minimum Gasteiger partial charge on any atom is -0.508 e. The van der Waals surface area contributed by atoms with E-state index in [0.29, 0.717) is 0 Å². The van der Waals surface area contributed by atoms with Gasteiger partial charge in [0.05, 0.1) is 5.69 Å². The molecule has 34 heavy (non-hydrogen) atoms. The SMILES string of the molecule is Cc1c(-c2ccc(O)cc2)n(Cc2ccc(OCCN3CCCC(C)C3)cc2)c2ccccc12. The Morgan fingerprint density at radius 2 is 1.74 bits per heavy atom. The molecule has 1 fully saturated rings. The third kappa shape index (κ3) is 4.83. The first kappa shape index (κ1) is 22.5. The molecule has 4 heteroatoms. The summed E-state index contributed by atoms with van der Waals surface area (Å²) in [5.74, 6) is 2.02. The molecule has 176 valence electrons. The molecule has 0 spiro atoms. The third-order valence-electron chi connectivity index (χ3n) is 7.05. The number of fused-ring (bicyclic) bond motifs is 1. The summed E-state index contributed by atoms with van der Waals surface area (Å²) < 4.78 is 8.44. The normalized spacial score (nSPS) is 16.7. The Hall–Kier alpha value is -3.24. The van der Waals surface area contributed by atoms with Crippen molar-refractivity contribution in [2.75, 3.05) is 26.2 Å². The molecule has 1 saturated heterocycles. The molecule has 5 rings (SSSR count). The molecule has 1 N–H and O–H groups in total. The van der Waals surface area contributed by atoms with Gasteiger partial charge in [-0.25, -0.2) is 0 Å². The van der Waals surface area contributed by atoms with E-state index in [2.05, 4.69) is 71.8 Å². The molecule has 0 radical (unpaired) electrons. The molecule has 4 aromatic rings. The molecule has 3 aromatic carbocycles. The van der Waals surface area contributed by atoms with Crippen LogP contribution in [0.5, 0.6) is 11.5 Å². The van der Waals surface area contributed by atoms with Gasteiger partial charge in [0.1, 0.15) is 18.1 Å². The second-order valence-corrected chi connectivity index (χ2v) is 9.66. The van der Waals surface area contributed by atoms with Gasteiger partial charge in [-0.15, -0.1) is 0 Å². The van der Waals surface area contributed by atoms with E-state index in [1.807, 2.05) is 12.1 Å². The van der Waals surface area contributed by atoms with Crippen molar-refractivity contribution in [3.05, 3.63) is 83.9 Å². The number of phenolic OH excluding ortho intramolecular Hbond substituents is 1. The highest BCUT2D eigenvalue weighted by Gasteiger charge is 2.17. The summed E-state index contributed by atoms with van der Waals surface area (Å²) in [5.41, 5.74) is 6.01. The molecule has 0 bridgehead atoms. The number of benzene rings is 3. The Morgan fingerprint density at radius 3 is 2.50 bits per heavy atom. The van der Waals surface area contributed by atoms with Gasteiger partial charge in [0.25, 0.3) is 0 Å². The number of phenols is 1. The van der Waals surface area contributed by atoms with Gasteiger partial charge in [-0.05, 0) is 91.4 Å². The first-order valence-corrected chi connectivity index (χ1v) is 12.4. The number of likely N-dealkylation sites (tertiary alicyclic amines) is 1. The fourth-order valence-corrected chi connectivity index (χ4v) is 5.29. The highest BCUT2D eigenvalue weighted by molar-refractivity contribution is 5.91. The molecular formula is C30H34N2O2. The van der Waals surface area contributed by atoms with Crippen molar-refractivity contribution < 1.29 is 9.84 Å². The molecule has 1 unspecified atom stereocenters. The van der Waals surface area contributed by atoms with Crippen molar-refractivity contribution in [1.29, 1.82) is 0 Å². The van der Waals surface area contributed by atoms with Crippen molar-refractivity contribution in [2.45, 2.75) is 33.2 Å². The van der Waals surface area contributed by atoms with E-state index in [4.69, 9.17) is 4.74 Å². The lowest BCUT2D eigenvalue weighted by Gasteiger charge is -2.30. The summed E-state index contributed by atoms with van der Waals surface area (Å²) in [6, 6.07) is 24.6. The topological polar surface area (TPSA) is 37.6 Å². The van der Waals surface area contributed by atoms with Crippen LogP contribution in [0.1, 0.15) is 30.9 Å². The molecule has 0 aliphatic carbocycles. The van der Waals surface area contributed by atoms with Crippen LogP contribution in [-0.4, -0.2) is 40.8 Å². The van der Waals surface area contributed by atoms with E-state index in [1.54, 1.807) is 12.1 Å². The van der Waals surface area contributed by atoms with Gasteiger partial charge in [0.2, 0.25) is 0 Å². The van der Waals surface area contributed by atoms with E-state index in [1.165, 1.54) is 53.7 Å². The first-order chi connectivity index (χ1) is 16.6. The highest BCUT2D eigenvalue weighted by atomic mass is 16.5. The third-order valence-corrected chi connectivity index (χ3v) is 7.05. The smallest absolute Gasteiger partial charge is 0.119 e. The number of aromatic hydroxyl groups is 1. The Labute approximate surface area is 202 Å². The van der Waals surface area contributed by atoms with Gasteiger partial charge in [0, 0.05) is 30.5 Å². The number of aromatic nitrogens is 1. The van der Waals surface area contributed by atoms with Crippen molar-refractivity contribution in [3.8, 4) is 22.8 Å². The molecule has 0 saturated carbocycles. The van der Waals surface area contributed by atoms with Gasteiger partial charge in [0.15, 0.2) is 0 Å². The molecule has 1 aromatic heterocycles. The van der Waals surface area contributed by atoms with E-state index in [-0.39, 0.29) is 5.75 Å². The zero-order valence-electron chi connectivity index (χ0n) is 20.2. The maximum absolute atomic E-state index is 9.77. The van der Waals surface area contributed by atoms with Crippen LogP contribution in [0.3, 0.4) is 0 Å². The number of aryl methyl sites for hydroxylation is 1. The first-order valence-electron chi connectivity index (χ1n) is 12.4. The Bertz CT molecular complexity index is 1240. The van der Waals surface area contributed by atoms with Crippen LogP contribution < -0.4 is 4.74 Å². The van der Waals surface area contributed by atoms with Crippen molar-refractivity contribution in [2.24, 2.45) is 5.92 Å². The van der Waals surface area contributed by atoms with Crippen molar-refractivity contribution in [3.63, 3.8) is 0 Å². The molecule has 4 nitrogen and oxygen atoms in total. The number of rotatable bonds is 7. The highest BCUT2D eigenvalue weighted by Crippen LogP contribution is 2.34. The molecule has 1 atom stereocenters. The standard InChI is InChI=1S/C30H34N2O2/c1-22-6-5-17-31(20-22)18-19-34-27-15-9-24(10-16-27)21-32-29-8-4-3-7-28(29)23(2)30(32)25-11-13-26(33)14-12-25/h3-4,7-16,22,33H,5-6,17-21H2,1-2H3. The molecule has 0 amide bonds. The van der Waals surface area contributed by atoms with Crippen LogP contribution in [0.15, 0.2) is 72.8 Å². The van der Waals surface area contributed by atoms with Crippen LogP contribution in [0, 0.1) is 12.8 Å². The van der Waals surface area contributed by atoms with E-state index >= 15 is 0 Å². The lowest BCUT2D eigenvalue weighted by atomic mass is 10.0. The lowest BCUT2D eigenvalue weighted by molar-refractivity contribution is 0.153. The van der Waals surface area contributed by atoms with Crippen LogP contribution in [0.2, 0.25) is 0 Å². The lowest BCUT2D eigenvalue weighted by Crippen LogP contribution is -2.37. The minimum absolute atomic E-state index is 0.287. The van der Waals surface area contributed by atoms with Gasteiger partial charge in [-0.3, -0.25) is 4.90 Å². The van der Waals surface area contributed by atoms with E-state index in [0.717, 1.165) is 36.9 Å². The van der Waals surface area contributed by atoms with Crippen molar-refractivity contribution in [1.82, 2.24) is 9.47 Å². The Kier molecular flexibility index (Phi) is 6.59. The Morgan fingerprint density at radius 1 is 0.971 bits per heavy atom. The monoisotopic (exact) mass is 454 g/mol. The Balaban J connectivity index is 1.33. The average molecular weight is 455 g/mol. The van der Waals surface area contributed by atoms with Crippen molar-refractivity contribution >= 4 is 10.9 Å². The largest absolute Gasteiger partial charge is 0.508 e. The second-order valence-electron chi connectivity index (χ2n) is 9.66. The van der Waals surface area contributed by atoms with E-state index < -0.39 is 0 Å². The zero-order valence-corrected chi connectivity index (χ0v) is 20.2. The molecular weight excluding hydrogens is 420 g/mol. The van der Waals surface area contributed by atoms with Crippen LogP contribution >= 0.6 is 0 Å². The predicted octanol–water partition coefficient (Wildman–Crippen LogP) is 6.48. The maximum atomic E-state index is 9.77. The molecule has 1 aliphatic heterocycles. The predicted molar refractivity (Wildman–Crippen MR) is 140 cm³/mol. The van der Waals surface area contributed by atoms with Gasteiger partial charge in [-0.1, -0.05) is 37.3 Å². The zero-order chi connectivity index (χ0) is 23.5. The molecule has 1 aliphatic rings. The fraction of sp³-hybridized carbons (Fsp3) is 0.333. The number of piperidine rings is 1. The number of hydrogen-bond acceptors (Lipinski definition) is 3. The summed E-state index contributed by atoms with van der Waals surface area (Å²) in [4.78, 5) is 2.52. The van der Waals surface area contributed by atoms with Gasteiger partial charge in [-0.2, -0.15) is 0 Å². The summed E-state index contributed by atoms with van der Waals surface area (Å²) in [6.45, 7) is 9.41. The molecule has 2 heterocycles. The average Bonchev–Trinajstić information content (AvgIpc) is 3.12. The minimum atomic E-state index is 0.287. The number of nitrogens with zero attached hydrogens (tertiary/aromatic N) is 2. The number of ether oxygens (including phenoxy) is 1. The fourth-order valence-electron chi connectivity index (χ4n) is 5.29. The van der Waals surface area contributed by atoms with E-state index in [9.17, 15) is 5.11 Å². The van der Waals surface area contributed by atoms with Crippen LogP contribution in [0.25, 0.3) is 22.2 Å².